The minimum atomic E-state index is -0.688. The summed E-state index contributed by atoms with van der Waals surface area (Å²) in [6.07, 6.45) is 7.96. The molecule has 9 heteroatoms. The van der Waals surface area contributed by atoms with E-state index < -0.39 is 11.8 Å². The molecule has 0 N–H and O–H groups in total. The van der Waals surface area contributed by atoms with E-state index in [-0.39, 0.29) is 48.6 Å². The van der Waals surface area contributed by atoms with Crippen molar-refractivity contribution in [1.29, 1.82) is 0 Å². The van der Waals surface area contributed by atoms with E-state index in [1.165, 1.54) is 31.7 Å². The molecule has 1 aliphatic heterocycles. The summed E-state index contributed by atoms with van der Waals surface area (Å²) in [6.45, 7) is 2.18. The Hall–Kier alpha value is -1.79. The van der Waals surface area contributed by atoms with E-state index in [4.69, 9.17) is 51.1 Å². The van der Waals surface area contributed by atoms with Crippen molar-refractivity contribution in [1.82, 2.24) is 0 Å². The zero-order valence-corrected chi connectivity index (χ0v) is 21.1. The van der Waals surface area contributed by atoms with Crippen LogP contribution in [0.1, 0.15) is 79.0 Å². The Kier molecular flexibility index (Phi) is 9.05. The van der Waals surface area contributed by atoms with E-state index in [0.29, 0.717) is 6.42 Å². The van der Waals surface area contributed by atoms with Gasteiger partial charge in [-0.2, -0.15) is 0 Å². The van der Waals surface area contributed by atoms with Gasteiger partial charge in [0, 0.05) is 12.5 Å². The van der Waals surface area contributed by atoms with Crippen LogP contribution in [0.5, 0.6) is 5.75 Å². The summed E-state index contributed by atoms with van der Waals surface area (Å²) >= 11 is 24.5. The van der Waals surface area contributed by atoms with Crippen molar-refractivity contribution in [2.45, 2.75) is 58.3 Å². The highest BCUT2D eigenvalue weighted by Crippen LogP contribution is 2.45. The van der Waals surface area contributed by atoms with E-state index in [9.17, 15) is 14.4 Å². The Morgan fingerprint density at radius 1 is 0.818 bits per heavy atom. The van der Waals surface area contributed by atoms with Gasteiger partial charge in [-0.05, 0) is 18.6 Å². The molecule has 1 aliphatic rings. The molecule has 0 aliphatic carbocycles. The van der Waals surface area contributed by atoms with Gasteiger partial charge in [0.15, 0.2) is 0 Å². The first-order valence-corrected chi connectivity index (χ1v) is 12.3. The Morgan fingerprint density at radius 3 is 1.94 bits per heavy atom. The van der Waals surface area contributed by atoms with Crippen LogP contribution in [0, 0.1) is 0 Å². The average Bonchev–Trinajstić information content (AvgIpc) is 3.05. The summed E-state index contributed by atoms with van der Waals surface area (Å²) in [4.78, 5) is 39.1. The van der Waals surface area contributed by atoms with Crippen LogP contribution >= 0.6 is 46.4 Å². The number of carbonyl (C=O) groups is 3. The number of carbonyl (C=O) groups excluding carboxylic acids is 3. The molecule has 2 aromatic carbocycles. The summed E-state index contributed by atoms with van der Waals surface area (Å²) in [6, 6.07) is 6.14. The standard InChI is InChI=1S/C24H23Cl4NO4/c1-2-3-4-5-6-7-8-12-16(30)33-15-11-9-10-14(13-15)29-23(31)17-18(24(29)32)20(26)22(28)21(27)19(17)25/h9-11,13H,2-8,12H2,1H3. The predicted octanol–water partition coefficient (Wildman–Crippen LogP) is 8.15. The lowest BCUT2D eigenvalue weighted by Crippen LogP contribution is -2.29. The molecule has 0 saturated heterocycles. The molecule has 0 atom stereocenters. The molecule has 33 heavy (non-hydrogen) atoms. The van der Waals surface area contributed by atoms with Gasteiger partial charge in [0.1, 0.15) is 5.75 Å². The monoisotopic (exact) mass is 529 g/mol. The Morgan fingerprint density at radius 2 is 1.36 bits per heavy atom. The second-order valence-electron chi connectivity index (χ2n) is 7.79. The van der Waals surface area contributed by atoms with Gasteiger partial charge in [0.25, 0.3) is 11.8 Å². The van der Waals surface area contributed by atoms with Crippen LogP contribution < -0.4 is 9.64 Å². The summed E-state index contributed by atoms with van der Waals surface area (Å²) < 4.78 is 5.41. The summed E-state index contributed by atoms with van der Waals surface area (Å²) in [5, 5.41) is -0.477. The SMILES string of the molecule is CCCCCCCCCC(=O)Oc1cccc(N2C(=O)c3c(Cl)c(Cl)c(Cl)c(Cl)c3C2=O)c1. The second-order valence-corrected chi connectivity index (χ2v) is 9.31. The fraction of sp³-hybridized carbons (Fsp3) is 0.375. The Bertz CT molecular complexity index is 1040. The van der Waals surface area contributed by atoms with Gasteiger partial charge >= 0.3 is 5.97 Å². The minimum Gasteiger partial charge on any atom is -0.426 e. The van der Waals surface area contributed by atoms with Gasteiger partial charge in [-0.1, -0.05) is 97.9 Å². The van der Waals surface area contributed by atoms with E-state index in [1.807, 2.05) is 0 Å². The number of halogens is 4. The first kappa shape index (κ1) is 25.8. The highest BCUT2D eigenvalue weighted by molar-refractivity contribution is 6.56. The van der Waals surface area contributed by atoms with Crippen molar-refractivity contribution in [2.75, 3.05) is 4.90 Å². The second kappa shape index (κ2) is 11.6. The number of rotatable bonds is 10. The Labute approximate surface area is 212 Å². The third-order valence-electron chi connectivity index (χ3n) is 5.39. The third kappa shape index (κ3) is 5.65. The highest BCUT2D eigenvalue weighted by Gasteiger charge is 2.42. The van der Waals surface area contributed by atoms with Crippen LogP contribution in [0.2, 0.25) is 20.1 Å². The molecule has 0 aromatic heterocycles. The first-order valence-electron chi connectivity index (χ1n) is 10.8. The quantitative estimate of drug-likeness (QED) is 0.0776. The molecule has 2 aromatic rings. The van der Waals surface area contributed by atoms with Crippen molar-refractivity contribution in [3.8, 4) is 5.75 Å². The molecule has 0 spiro atoms. The largest absolute Gasteiger partial charge is 0.426 e. The minimum absolute atomic E-state index is 0.0990. The Balaban J connectivity index is 1.68. The first-order chi connectivity index (χ1) is 15.8. The maximum Gasteiger partial charge on any atom is 0.311 e. The smallest absolute Gasteiger partial charge is 0.311 e. The van der Waals surface area contributed by atoms with Crippen LogP contribution in [0.3, 0.4) is 0 Å². The number of fused-ring (bicyclic) bond motifs is 1. The van der Waals surface area contributed by atoms with Gasteiger partial charge < -0.3 is 4.74 Å². The van der Waals surface area contributed by atoms with Gasteiger partial charge in [-0.3, -0.25) is 14.4 Å². The number of unbranched alkanes of at least 4 members (excludes halogenated alkanes) is 6. The van der Waals surface area contributed by atoms with E-state index in [1.54, 1.807) is 18.2 Å². The molecule has 0 bridgehead atoms. The molecule has 1 heterocycles. The van der Waals surface area contributed by atoms with E-state index in [0.717, 1.165) is 24.2 Å². The zero-order valence-electron chi connectivity index (χ0n) is 18.1. The van der Waals surface area contributed by atoms with Crippen LogP contribution in [0.4, 0.5) is 5.69 Å². The van der Waals surface area contributed by atoms with Crippen LogP contribution in [0.15, 0.2) is 24.3 Å². The van der Waals surface area contributed by atoms with Crippen LogP contribution in [0.25, 0.3) is 0 Å². The third-order valence-corrected chi connectivity index (χ3v) is 7.20. The number of anilines is 1. The maximum absolute atomic E-state index is 13.0. The summed E-state index contributed by atoms with van der Waals surface area (Å²) in [5.74, 6) is -1.52. The van der Waals surface area contributed by atoms with Gasteiger partial charge in [-0.15, -0.1) is 0 Å². The highest BCUT2D eigenvalue weighted by atomic mass is 35.5. The van der Waals surface area contributed by atoms with Crippen molar-refractivity contribution >= 4 is 69.9 Å². The number of hydrogen-bond donors (Lipinski definition) is 0. The molecule has 5 nitrogen and oxygen atoms in total. The van der Waals surface area contributed by atoms with Crippen molar-refractivity contribution in [2.24, 2.45) is 0 Å². The molecular weight excluding hydrogens is 508 g/mol. The number of esters is 1. The summed E-state index contributed by atoms with van der Waals surface area (Å²) in [7, 11) is 0. The molecule has 176 valence electrons. The van der Waals surface area contributed by atoms with Crippen molar-refractivity contribution in [3.63, 3.8) is 0 Å². The lowest BCUT2D eigenvalue weighted by molar-refractivity contribution is -0.134. The normalized spacial score (nSPS) is 12.9. The predicted molar refractivity (Wildman–Crippen MR) is 132 cm³/mol. The van der Waals surface area contributed by atoms with Gasteiger partial charge in [0.05, 0.1) is 36.9 Å². The molecule has 3 rings (SSSR count). The molecule has 0 saturated carbocycles. The fourth-order valence-electron chi connectivity index (χ4n) is 3.68. The topological polar surface area (TPSA) is 63.7 Å². The lowest BCUT2D eigenvalue weighted by atomic mass is 10.1. The number of hydrogen-bond acceptors (Lipinski definition) is 4. The molecule has 2 amide bonds. The summed E-state index contributed by atoms with van der Waals surface area (Å²) in [5.41, 5.74) is -0.00777. The molecule has 0 unspecified atom stereocenters. The van der Waals surface area contributed by atoms with Crippen LogP contribution in [-0.4, -0.2) is 17.8 Å². The van der Waals surface area contributed by atoms with E-state index >= 15 is 0 Å². The molecular formula is C24H23Cl4NO4. The van der Waals surface area contributed by atoms with Crippen molar-refractivity contribution in [3.05, 3.63) is 55.5 Å². The van der Waals surface area contributed by atoms with Crippen molar-refractivity contribution < 1.29 is 19.1 Å². The van der Waals surface area contributed by atoms with E-state index in [2.05, 4.69) is 6.92 Å². The average molecular weight is 531 g/mol. The fourth-order valence-corrected chi connectivity index (χ4v) is 4.69. The lowest BCUT2D eigenvalue weighted by Gasteiger charge is -2.15. The zero-order chi connectivity index (χ0) is 24.1. The number of benzene rings is 2. The number of nitrogens with zero attached hydrogens (tertiary/aromatic N) is 1. The van der Waals surface area contributed by atoms with Crippen LogP contribution in [-0.2, 0) is 4.79 Å². The molecule has 0 radical (unpaired) electrons. The maximum atomic E-state index is 13.0. The number of imide groups is 1. The number of ether oxygens (including phenoxy) is 1. The van der Waals surface area contributed by atoms with Gasteiger partial charge in [0.2, 0.25) is 0 Å². The molecule has 0 fully saturated rings. The number of amides is 2. The van der Waals surface area contributed by atoms with Gasteiger partial charge in [-0.25, -0.2) is 4.90 Å².